The van der Waals surface area contributed by atoms with Crippen LogP contribution in [0.1, 0.15) is 11.1 Å². The van der Waals surface area contributed by atoms with E-state index in [1.54, 1.807) is 11.8 Å². The zero-order valence-electron chi connectivity index (χ0n) is 9.61. The Morgan fingerprint density at radius 1 is 1.12 bits per heavy atom. The Labute approximate surface area is 111 Å². The molecule has 1 nitrogen and oxygen atoms in total. The summed E-state index contributed by atoms with van der Waals surface area (Å²) in [5.74, 6) is 0.930. The molecule has 0 aliphatic rings. The van der Waals surface area contributed by atoms with Crippen molar-refractivity contribution in [2.24, 2.45) is 0 Å². The Hall–Kier alpha value is -1.12. The van der Waals surface area contributed by atoms with E-state index in [0.29, 0.717) is 0 Å². The van der Waals surface area contributed by atoms with Crippen LogP contribution in [-0.2, 0) is 5.75 Å². The number of aryl methyl sites for hydroxylation is 1. The number of anilines is 1. The van der Waals surface area contributed by atoms with Crippen molar-refractivity contribution in [3.05, 3.63) is 58.6 Å². The molecular formula is C14H14ClNS. The van der Waals surface area contributed by atoms with Crippen molar-refractivity contribution < 1.29 is 0 Å². The maximum atomic E-state index is 5.88. The summed E-state index contributed by atoms with van der Waals surface area (Å²) >= 11 is 7.62. The zero-order chi connectivity index (χ0) is 12.3. The molecule has 0 saturated carbocycles. The monoisotopic (exact) mass is 263 g/mol. The molecule has 3 heteroatoms. The van der Waals surface area contributed by atoms with Crippen LogP contribution in [0.4, 0.5) is 5.69 Å². The van der Waals surface area contributed by atoms with Crippen molar-refractivity contribution in [1.29, 1.82) is 0 Å². The molecule has 17 heavy (non-hydrogen) atoms. The number of halogens is 1. The van der Waals surface area contributed by atoms with Gasteiger partial charge >= 0.3 is 0 Å². The number of nitrogens with two attached hydrogens (primary N) is 1. The molecule has 0 fully saturated rings. The summed E-state index contributed by atoms with van der Waals surface area (Å²) in [7, 11) is 0. The van der Waals surface area contributed by atoms with Crippen LogP contribution in [0.15, 0.2) is 47.4 Å². The second-order valence-corrected chi connectivity index (χ2v) is 5.42. The quantitative estimate of drug-likeness (QED) is 0.651. The molecule has 0 unspecified atom stereocenters. The van der Waals surface area contributed by atoms with E-state index in [1.807, 2.05) is 37.3 Å². The van der Waals surface area contributed by atoms with E-state index < -0.39 is 0 Å². The Morgan fingerprint density at radius 2 is 1.82 bits per heavy atom. The summed E-state index contributed by atoms with van der Waals surface area (Å²) < 4.78 is 0. The van der Waals surface area contributed by atoms with Crippen LogP contribution in [0, 0.1) is 6.92 Å². The third kappa shape index (κ3) is 3.42. The minimum atomic E-state index is 0.776. The van der Waals surface area contributed by atoms with Gasteiger partial charge in [-0.1, -0.05) is 29.8 Å². The van der Waals surface area contributed by atoms with Crippen molar-refractivity contribution in [2.45, 2.75) is 17.6 Å². The average Bonchev–Trinajstić information content (AvgIpc) is 2.33. The summed E-state index contributed by atoms with van der Waals surface area (Å²) in [4.78, 5) is 1.20. The highest BCUT2D eigenvalue weighted by atomic mass is 35.5. The third-order valence-electron chi connectivity index (χ3n) is 2.57. The summed E-state index contributed by atoms with van der Waals surface area (Å²) in [6.45, 7) is 2.02. The first-order valence-electron chi connectivity index (χ1n) is 5.38. The minimum absolute atomic E-state index is 0.776. The van der Waals surface area contributed by atoms with Gasteiger partial charge in [0.15, 0.2) is 0 Å². The third-order valence-corrected chi connectivity index (χ3v) is 3.89. The fourth-order valence-corrected chi connectivity index (χ4v) is 2.48. The highest BCUT2D eigenvalue weighted by molar-refractivity contribution is 7.98. The molecule has 0 bridgehead atoms. The van der Waals surface area contributed by atoms with E-state index in [-0.39, 0.29) is 0 Å². The van der Waals surface area contributed by atoms with Crippen molar-refractivity contribution in [2.75, 3.05) is 5.73 Å². The van der Waals surface area contributed by atoms with Gasteiger partial charge in [-0.15, -0.1) is 11.8 Å². The predicted octanol–water partition coefficient (Wildman–Crippen LogP) is 4.52. The van der Waals surface area contributed by atoms with Crippen LogP contribution in [0.2, 0.25) is 5.02 Å². The van der Waals surface area contributed by atoms with Crippen LogP contribution in [0.25, 0.3) is 0 Å². The molecule has 0 radical (unpaired) electrons. The molecule has 0 aliphatic carbocycles. The lowest BCUT2D eigenvalue weighted by Gasteiger charge is -2.05. The molecule has 0 saturated heterocycles. The summed E-state index contributed by atoms with van der Waals surface area (Å²) in [6.07, 6.45) is 0. The van der Waals surface area contributed by atoms with E-state index in [0.717, 1.165) is 22.0 Å². The smallest absolute Gasteiger partial charge is 0.0406 e. The largest absolute Gasteiger partial charge is 0.398 e. The van der Waals surface area contributed by atoms with Gasteiger partial charge in [-0.05, 0) is 42.3 Å². The number of benzene rings is 2. The Morgan fingerprint density at radius 3 is 2.47 bits per heavy atom. The average molecular weight is 264 g/mol. The molecule has 88 valence electrons. The molecule has 0 aliphatic heterocycles. The van der Waals surface area contributed by atoms with Crippen LogP contribution in [0.5, 0.6) is 0 Å². The fourth-order valence-electron chi connectivity index (χ4n) is 1.46. The number of thioether (sulfide) groups is 1. The van der Waals surface area contributed by atoms with Gasteiger partial charge in [0.05, 0.1) is 0 Å². The first-order chi connectivity index (χ1) is 8.15. The summed E-state index contributed by atoms with van der Waals surface area (Å²) in [6, 6.07) is 14.1. The second kappa shape index (κ2) is 5.48. The number of rotatable bonds is 3. The lowest BCUT2D eigenvalue weighted by molar-refractivity contribution is 1.35. The van der Waals surface area contributed by atoms with E-state index in [4.69, 9.17) is 17.3 Å². The maximum Gasteiger partial charge on any atom is 0.0406 e. The SMILES string of the molecule is Cc1ccc(SCc2ccc(Cl)cc2)cc1N. The maximum absolute atomic E-state index is 5.88. The van der Waals surface area contributed by atoms with E-state index in [2.05, 4.69) is 12.1 Å². The Kier molecular flexibility index (Phi) is 3.97. The molecule has 2 aromatic rings. The van der Waals surface area contributed by atoms with Gasteiger partial charge in [0, 0.05) is 21.4 Å². The van der Waals surface area contributed by atoms with Gasteiger partial charge in [0.25, 0.3) is 0 Å². The van der Waals surface area contributed by atoms with Crippen molar-refractivity contribution in [3.8, 4) is 0 Å². The van der Waals surface area contributed by atoms with E-state index >= 15 is 0 Å². The molecule has 0 heterocycles. The van der Waals surface area contributed by atoms with Crippen LogP contribution < -0.4 is 5.73 Å². The molecule has 0 spiro atoms. The Bertz CT molecular complexity index is 508. The van der Waals surface area contributed by atoms with Gasteiger partial charge < -0.3 is 5.73 Å². The summed E-state index contributed by atoms with van der Waals surface area (Å²) in [5.41, 5.74) is 9.12. The zero-order valence-corrected chi connectivity index (χ0v) is 11.2. The van der Waals surface area contributed by atoms with Gasteiger partial charge in [0.2, 0.25) is 0 Å². The first-order valence-corrected chi connectivity index (χ1v) is 6.75. The molecule has 0 atom stereocenters. The minimum Gasteiger partial charge on any atom is -0.398 e. The van der Waals surface area contributed by atoms with Crippen molar-refractivity contribution in [3.63, 3.8) is 0 Å². The van der Waals surface area contributed by atoms with Crippen LogP contribution in [0.3, 0.4) is 0 Å². The molecule has 2 aromatic carbocycles. The standard InChI is InChI=1S/C14H14ClNS/c1-10-2-7-13(8-14(10)16)17-9-11-3-5-12(15)6-4-11/h2-8H,9,16H2,1H3. The Balaban J connectivity index is 2.02. The molecule has 0 aromatic heterocycles. The topological polar surface area (TPSA) is 26.0 Å². The molecule has 2 N–H and O–H groups in total. The molecule has 0 amide bonds. The van der Waals surface area contributed by atoms with E-state index in [1.165, 1.54) is 10.5 Å². The van der Waals surface area contributed by atoms with Gasteiger partial charge in [0.1, 0.15) is 0 Å². The van der Waals surface area contributed by atoms with Crippen LogP contribution in [-0.4, -0.2) is 0 Å². The second-order valence-electron chi connectivity index (χ2n) is 3.93. The first kappa shape index (κ1) is 12.3. The lowest BCUT2D eigenvalue weighted by atomic mass is 10.2. The van der Waals surface area contributed by atoms with E-state index in [9.17, 15) is 0 Å². The van der Waals surface area contributed by atoms with Gasteiger partial charge in [-0.2, -0.15) is 0 Å². The highest BCUT2D eigenvalue weighted by Crippen LogP contribution is 2.26. The number of hydrogen-bond acceptors (Lipinski definition) is 2. The predicted molar refractivity (Wildman–Crippen MR) is 76.6 cm³/mol. The number of hydrogen-bond donors (Lipinski definition) is 1. The fraction of sp³-hybridized carbons (Fsp3) is 0.143. The molecule has 2 rings (SSSR count). The van der Waals surface area contributed by atoms with Crippen molar-refractivity contribution in [1.82, 2.24) is 0 Å². The lowest BCUT2D eigenvalue weighted by Crippen LogP contribution is -1.89. The van der Waals surface area contributed by atoms with Gasteiger partial charge in [-0.3, -0.25) is 0 Å². The van der Waals surface area contributed by atoms with Crippen LogP contribution >= 0.6 is 23.4 Å². The van der Waals surface area contributed by atoms with Gasteiger partial charge in [-0.25, -0.2) is 0 Å². The number of nitrogen functional groups attached to an aromatic ring is 1. The summed E-state index contributed by atoms with van der Waals surface area (Å²) in [5, 5.41) is 0.776. The van der Waals surface area contributed by atoms with Crippen molar-refractivity contribution >= 4 is 29.1 Å². The normalized spacial score (nSPS) is 10.5. The highest BCUT2D eigenvalue weighted by Gasteiger charge is 1.99. The molecular weight excluding hydrogens is 250 g/mol.